The van der Waals surface area contributed by atoms with Gasteiger partial charge < -0.3 is 5.32 Å². The molecule has 0 saturated heterocycles. The van der Waals surface area contributed by atoms with E-state index in [0.29, 0.717) is 5.13 Å². The second-order valence-electron chi connectivity index (χ2n) is 6.81. The van der Waals surface area contributed by atoms with Crippen LogP contribution in [0.4, 0.5) is 5.13 Å². The first-order chi connectivity index (χ1) is 12.8. The van der Waals surface area contributed by atoms with Crippen LogP contribution in [0.1, 0.15) is 32.1 Å². The van der Waals surface area contributed by atoms with E-state index in [4.69, 9.17) is 0 Å². The Morgan fingerprint density at radius 3 is 2.27 bits per heavy atom. The summed E-state index contributed by atoms with van der Waals surface area (Å²) >= 11 is 1.49. The molecular weight excluding hydrogens is 340 g/mol. The molecule has 4 heteroatoms. The zero-order valence-corrected chi connectivity index (χ0v) is 15.5. The Labute approximate surface area is 158 Å². The Balaban J connectivity index is 1.45. The smallest absolute Gasteiger partial charge is 0.229 e. The lowest BCUT2D eigenvalue weighted by Crippen LogP contribution is -2.24. The van der Waals surface area contributed by atoms with Crippen molar-refractivity contribution in [2.75, 3.05) is 5.32 Å². The summed E-state index contributed by atoms with van der Waals surface area (Å²) in [6.45, 7) is 0. The maximum absolute atomic E-state index is 12.4. The highest BCUT2D eigenvalue weighted by atomic mass is 32.1. The Morgan fingerprint density at radius 1 is 0.885 bits per heavy atom. The molecule has 0 bridgehead atoms. The van der Waals surface area contributed by atoms with Crippen molar-refractivity contribution in [3.63, 3.8) is 0 Å². The van der Waals surface area contributed by atoms with Gasteiger partial charge in [-0.2, -0.15) is 0 Å². The van der Waals surface area contributed by atoms with Crippen LogP contribution >= 0.6 is 11.3 Å². The molecule has 3 aromatic rings. The molecule has 1 saturated carbocycles. The zero-order valence-electron chi connectivity index (χ0n) is 14.7. The van der Waals surface area contributed by atoms with Gasteiger partial charge in [-0.05, 0) is 24.0 Å². The van der Waals surface area contributed by atoms with Gasteiger partial charge in [-0.25, -0.2) is 4.98 Å². The third-order valence-electron chi connectivity index (χ3n) is 5.00. The summed E-state index contributed by atoms with van der Waals surface area (Å²) in [5.41, 5.74) is 4.38. The van der Waals surface area contributed by atoms with E-state index in [1.165, 1.54) is 28.9 Å². The van der Waals surface area contributed by atoms with Crippen LogP contribution < -0.4 is 5.32 Å². The molecule has 1 N–H and O–H groups in total. The third kappa shape index (κ3) is 3.86. The van der Waals surface area contributed by atoms with Gasteiger partial charge in [-0.15, -0.1) is 11.3 Å². The highest BCUT2D eigenvalue weighted by molar-refractivity contribution is 7.14. The Kier molecular flexibility index (Phi) is 5.12. The molecule has 1 amide bonds. The number of thiazole rings is 1. The number of anilines is 1. The number of carbonyl (C=O) groups excluding carboxylic acids is 1. The lowest BCUT2D eigenvalue weighted by atomic mass is 9.89. The number of hydrogen-bond acceptors (Lipinski definition) is 3. The summed E-state index contributed by atoms with van der Waals surface area (Å²) in [5, 5.41) is 5.71. The molecule has 3 nitrogen and oxygen atoms in total. The van der Waals surface area contributed by atoms with Gasteiger partial charge in [0.25, 0.3) is 0 Å². The van der Waals surface area contributed by atoms with Crippen molar-refractivity contribution < 1.29 is 4.79 Å². The molecule has 0 unspecified atom stereocenters. The van der Waals surface area contributed by atoms with Crippen molar-refractivity contribution in [3.05, 3.63) is 60.0 Å². The zero-order chi connectivity index (χ0) is 17.8. The van der Waals surface area contributed by atoms with Gasteiger partial charge >= 0.3 is 0 Å². The van der Waals surface area contributed by atoms with Crippen molar-refractivity contribution in [1.29, 1.82) is 0 Å². The van der Waals surface area contributed by atoms with Gasteiger partial charge in [0.1, 0.15) is 0 Å². The van der Waals surface area contributed by atoms with Crippen molar-refractivity contribution in [3.8, 4) is 22.4 Å². The number of benzene rings is 2. The molecule has 1 aromatic heterocycles. The molecule has 4 rings (SSSR count). The van der Waals surface area contributed by atoms with Crippen molar-refractivity contribution in [2.45, 2.75) is 32.1 Å². The SMILES string of the molecule is O=C(Nc1nc(-c2ccc(-c3ccccc3)cc2)cs1)C1CCCCC1. The standard InChI is InChI=1S/C22H22N2OS/c25-21(19-9-5-2-6-10-19)24-22-23-20(15-26-22)18-13-11-17(12-14-18)16-7-3-1-4-8-16/h1,3-4,7-8,11-15,19H,2,5-6,9-10H2,(H,23,24,25). The summed E-state index contributed by atoms with van der Waals surface area (Å²) in [6, 6.07) is 18.7. The van der Waals surface area contributed by atoms with Gasteiger partial charge in [0.15, 0.2) is 5.13 Å². The fraction of sp³-hybridized carbons (Fsp3) is 0.273. The molecule has 0 radical (unpaired) electrons. The number of carbonyl (C=O) groups is 1. The van der Waals surface area contributed by atoms with Crippen LogP contribution in [0.2, 0.25) is 0 Å². The number of amides is 1. The average Bonchev–Trinajstić information content (AvgIpc) is 3.18. The predicted molar refractivity (Wildman–Crippen MR) is 108 cm³/mol. The maximum Gasteiger partial charge on any atom is 0.229 e. The summed E-state index contributed by atoms with van der Waals surface area (Å²) in [4.78, 5) is 17.0. The highest BCUT2D eigenvalue weighted by Crippen LogP contribution is 2.29. The molecule has 0 spiro atoms. The lowest BCUT2D eigenvalue weighted by molar-refractivity contribution is -0.120. The fourth-order valence-electron chi connectivity index (χ4n) is 3.50. The van der Waals surface area contributed by atoms with E-state index >= 15 is 0 Å². The van der Waals surface area contributed by atoms with Crippen LogP contribution in [0.3, 0.4) is 0 Å². The fourth-order valence-corrected chi connectivity index (χ4v) is 4.22. The highest BCUT2D eigenvalue weighted by Gasteiger charge is 2.21. The normalized spacial score (nSPS) is 14.9. The summed E-state index contributed by atoms with van der Waals surface area (Å²) in [6.07, 6.45) is 5.59. The van der Waals surface area contributed by atoms with Crippen LogP contribution in [0, 0.1) is 5.92 Å². The number of nitrogens with zero attached hydrogens (tertiary/aromatic N) is 1. The molecule has 1 aliphatic rings. The van der Waals surface area contributed by atoms with E-state index in [0.717, 1.165) is 36.9 Å². The van der Waals surface area contributed by atoms with Crippen molar-refractivity contribution in [2.24, 2.45) is 5.92 Å². The first-order valence-electron chi connectivity index (χ1n) is 9.22. The predicted octanol–water partition coefficient (Wildman–Crippen LogP) is 6.00. The van der Waals surface area contributed by atoms with Gasteiger partial charge in [0, 0.05) is 16.9 Å². The first kappa shape index (κ1) is 17.0. The van der Waals surface area contributed by atoms with E-state index in [1.807, 2.05) is 23.6 Å². The van der Waals surface area contributed by atoms with E-state index < -0.39 is 0 Å². The molecule has 1 heterocycles. The van der Waals surface area contributed by atoms with Crippen LogP contribution in [0.15, 0.2) is 60.0 Å². The van der Waals surface area contributed by atoms with E-state index in [9.17, 15) is 4.79 Å². The Bertz CT molecular complexity index is 865. The number of hydrogen-bond donors (Lipinski definition) is 1. The van der Waals surface area contributed by atoms with E-state index in [-0.39, 0.29) is 11.8 Å². The largest absolute Gasteiger partial charge is 0.302 e. The minimum Gasteiger partial charge on any atom is -0.302 e. The molecule has 1 fully saturated rings. The summed E-state index contributed by atoms with van der Waals surface area (Å²) in [5.74, 6) is 0.284. The second-order valence-corrected chi connectivity index (χ2v) is 7.66. The van der Waals surface area contributed by atoms with E-state index in [1.54, 1.807) is 0 Å². The van der Waals surface area contributed by atoms with Crippen LogP contribution in [0.25, 0.3) is 22.4 Å². The molecule has 2 aromatic carbocycles. The molecule has 0 atom stereocenters. The minimum absolute atomic E-state index is 0.130. The Hall–Kier alpha value is -2.46. The quantitative estimate of drug-likeness (QED) is 0.619. The van der Waals surface area contributed by atoms with Gasteiger partial charge in [-0.3, -0.25) is 4.79 Å². The van der Waals surface area contributed by atoms with Crippen LogP contribution in [-0.2, 0) is 4.79 Å². The monoisotopic (exact) mass is 362 g/mol. The first-order valence-corrected chi connectivity index (χ1v) is 10.1. The minimum atomic E-state index is 0.130. The van der Waals surface area contributed by atoms with Gasteiger partial charge in [-0.1, -0.05) is 73.9 Å². The molecule has 132 valence electrons. The number of rotatable bonds is 4. The molecular formula is C22H22N2OS. The van der Waals surface area contributed by atoms with Gasteiger partial charge in [0.2, 0.25) is 5.91 Å². The number of nitrogens with one attached hydrogen (secondary N) is 1. The Morgan fingerprint density at radius 2 is 1.54 bits per heavy atom. The van der Waals surface area contributed by atoms with Crippen molar-refractivity contribution in [1.82, 2.24) is 4.98 Å². The van der Waals surface area contributed by atoms with Gasteiger partial charge in [0.05, 0.1) is 5.69 Å². The lowest BCUT2D eigenvalue weighted by Gasteiger charge is -2.19. The molecule has 1 aliphatic carbocycles. The molecule has 0 aliphatic heterocycles. The summed E-state index contributed by atoms with van der Waals surface area (Å²) in [7, 11) is 0. The van der Waals surface area contributed by atoms with Crippen LogP contribution in [0.5, 0.6) is 0 Å². The number of aromatic nitrogens is 1. The van der Waals surface area contributed by atoms with Crippen LogP contribution in [-0.4, -0.2) is 10.9 Å². The van der Waals surface area contributed by atoms with Crippen molar-refractivity contribution >= 4 is 22.4 Å². The topological polar surface area (TPSA) is 42.0 Å². The molecule has 26 heavy (non-hydrogen) atoms. The van der Waals surface area contributed by atoms with E-state index in [2.05, 4.69) is 46.7 Å². The average molecular weight is 362 g/mol. The summed E-state index contributed by atoms with van der Waals surface area (Å²) < 4.78 is 0. The third-order valence-corrected chi connectivity index (χ3v) is 5.76. The second kappa shape index (κ2) is 7.83. The maximum atomic E-state index is 12.4.